The van der Waals surface area contributed by atoms with Crippen LogP contribution in [0.4, 0.5) is 5.69 Å². The van der Waals surface area contributed by atoms with E-state index in [4.69, 9.17) is 19.2 Å². The van der Waals surface area contributed by atoms with Crippen molar-refractivity contribution >= 4 is 51.1 Å². The van der Waals surface area contributed by atoms with E-state index < -0.39 is 18.5 Å². The van der Waals surface area contributed by atoms with Gasteiger partial charge in [-0.05, 0) is 77.2 Å². The van der Waals surface area contributed by atoms with Crippen molar-refractivity contribution in [3.05, 3.63) is 81.9 Å². The first-order valence-electron chi connectivity index (χ1n) is 10.3. The zero-order chi connectivity index (χ0) is 24.1. The molecule has 0 fully saturated rings. The highest BCUT2D eigenvalue weighted by molar-refractivity contribution is 14.1. The standard InChI is InChI=1S/C26H21IN2O5/c1-32-23-12-7-16(13-24(23)33-2)22-14-20(19-5-3-4-6-21(19)29-22)26(31)34-15-25(30)28-18-10-8-17(27)9-11-18/h3-14H,15H2,1-2H3,(H,28,30). The van der Waals surface area contributed by atoms with Gasteiger partial charge in [0.15, 0.2) is 18.1 Å². The first kappa shape index (κ1) is 23.5. The molecule has 0 saturated carbocycles. The van der Waals surface area contributed by atoms with Crippen LogP contribution in [0.3, 0.4) is 0 Å². The summed E-state index contributed by atoms with van der Waals surface area (Å²) >= 11 is 2.18. The maximum Gasteiger partial charge on any atom is 0.339 e. The third-order valence-electron chi connectivity index (χ3n) is 5.08. The Bertz CT molecular complexity index is 1360. The van der Waals surface area contributed by atoms with Gasteiger partial charge in [0.2, 0.25) is 0 Å². The number of fused-ring (bicyclic) bond motifs is 1. The van der Waals surface area contributed by atoms with Gasteiger partial charge in [0.05, 0.1) is 31.0 Å². The molecule has 0 unspecified atom stereocenters. The number of benzene rings is 3. The summed E-state index contributed by atoms with van der Waals surface area (Å²) in [4.78, 5) is 30.0. The second-order valence-electron chi connectivity index (χ2n) is 7.27. The van der Waals surface area contributed by atoms with Crippen LogP contribution < -0.4 is 14.8 Å². The molecular weight excluding hydrogens is 547 g/mol. The number of methoxy groups -OCH3 is 2. The molecule has 0 bridgehead atoms. The Morgan fingerprint density at radius 1 is 0.912 bits per heavy atom. The van der Waals surface area contributed by atoms with E-state index in [1.54, 1.807) is 50.6 Å². The first-order valence-corrected chi connectivity index (χ1v) is 11.4. The van der Waals surface area contributed by atoms with Crippen molar-refractivity contribution in [3.8, 4) is 22.8 Å². The lowest BCUT2D eigenvalue weighted by molar-refractivity contribution is -0.119. The van der Waals surface area contributed by atoms with Gasteiger partial charge in [0, 0.05) is 20.2 Å². The number of para-hydroxylation sites is 1. The van der Waals surface area contributed by atoms with E-state index in [2.05, 4.69) is 27.9 Å². The predicted octanol–water partition coefficient (Wildman–Crippen LogP) is 5.32. The third kappa shape index (κ3) is 5.28. The largest absolute Gasteiger partial charge is 0.493 e. The molecule has 0 aliphatic rings. The third-order valence-corrected chi connectivity index (χ3v) is 5.80. The van der Waals surface area contributed by atoms with E-state index >= 15 is 0 Å². The summed E-state index contributed by atoms with van der Waals surface area (Å²) in [6.45, 7) is -0.410. The minimum Gasteiger partial charge on any atom is -0.493 e. The summed E-state index contributed by atoms with van der Waals surface area (Å²) in [6, 6.07) is 21.7. The highest BCUT2D eigenvalue weighted by atomic mass is 127. The van der Waals surface area contributed by atoms with Gasteiger partial charge >= 0.3 is 5.97 Å². The summed E-state index contributed by atoms with van der Waals surface area (Å²) in [6.07, 6.45) is 0. The number of rotatable bonds is 7. The van der Waals surface area contributed by atoms with E-state index in [0.717, 1.165) is 9.13 Å². The Morgan fingerprint density at radius 3 is 2.38 bits per heavy atom. The summed E-state index contributed by atoms with van der Waals surface area (Å²) in [7, 11) is 3.12. The first-order chi connectivity index (χ1) is 16.5. The van der Waals surface area contributed by atoms with Crippen LogP contribution in [0, 0.1) is 3.57 Å². The Labute approximate surface area is 210 Å². The monoisotopic (exact) mass is 568 g/mol. The van der Waals surface area contributed by atoms with E-state index in [1.165, 1.54) is 0 Å². The summed E-state index contributed by atoms with van der Waals surface area (Å²) in [5, 5.41) is 3.35. The maximum atomic E-state index is 13.0. The van der Waals surface area contributed by atoms with Crippen LogP contribution in [0.2, 0.25) is 0 Å². The molecule has 4 rings (SSSR count). The van der Waals surface area contributed by atoms with Gasteiger partial charge in [-0.25, -0.2) is 9.78 Å². The fourth-order valence-corrected chi connectivity index (χ4v) is 3.79. The molecule has 1 amide bonds. The smallest absolute Gasteiger partial charge is 0.339 e. The van der Waals surface area contributed by atoms with Crippen LogP contribution in [0.5, 0.6) is 11.5 Å². The van der Waals surface area contributed by atoms with Crippen molar-refractivity contribution in [2.75, 3.05) is 26.1 Å². The lowest BCUT2D eigenvalue weighted by Crippen LogP contribution is -2.21. The highest BCUT2D eigenvalue weighted by Gasteiger charge is 2.17. The summed E-state index contributed by atoms with van der Waals surface area (Å²) in [5.74, 6) is 0.100. The van der Waals surface area contributed by atoms with Crippen molar-refractivity contribution in [2.24, 2.45) is 0 Å². The van der Waals surface area contributed by atoms with Gasteiger partial charge in [-0.15, -0.1) is 0 Å². The number of aromatic nitrogens is 1. The second kappa shape index (κ2) is 10.5. The number of ether oxygens (including phenoxy) is 3. The molecule has 0 aliphatic carbocycles. The molecule has 172 valence electrons. The number of carbonyl (C=O) groups is 2. The van der Waals surface area contributed by atoms with Gasteiger partial charge < -0.3 is 19.5 Å². The number of esters is 1. The zero-order valence-corrected chi connectivity index (χ0v) is 20.7. The van der Waals surface area contributed by atoms with Crippen LogP contribution in [-0.2, 0) is 9.53 Å². The zero-order valence-electron chi connectivity index (χ0n) is 18.5. The lowest BCUT2D eigenvalue weighted by atomic mass is 10.0. The summed E-state index contributed by atoms with van der Waals surface area (Å²) in [5.41, 5.74) is 2.89. The van der Waals surface area contributed by atoms with Crippen molar-refractivity contribution in [1.82, 2.24) is 4.98 Å². The Balaban J connectivity index is 1.59. The van der Waals surface area contributed by atoms with Gasteiger partial charge in [-0.2, -0.15) is 0 Å². The molecule has 0 radical (unpaired) electrons. The molecule has 1 N–H and O–H groups in total. The molecule has 0 atom stereocenters. The number of anilines is 1. The van der Waals surface area contributed by atoms with Crippen LogP contribution >= 0.6 is 22.6 Å². The number of carbonyl (C=O) groups excluding carboxylic acids is 2. The molecule has 8 heteroatoms. The van der Waals surface area contributed by atoms with Gasteiger partial charge in [-0.3, -0.25) is 4.79 Å². The Morgan fingerprint density at radius 2 is 1.65 bits per heavy atom. The van der Waals surface area contributed by atoms with E-state index in [1.807, 2.05) is 36.4 Å². The average molecular weight is 568 g/mol. The topological polar surface area (TPSA) is 86.8 Å². The fourth-order valence-electron chi connectivity index (χ4n) is 3.43. The van der Waals surface area contributed by atoms with Crippen molar-refractivity contribution in [1.29, 1.82) is 0 Å². The van der Waals surface area contributed by atoms with E-state index in [-0.39, 0.29) is 0 Å². The molecule has 1 aromatic heterocycles. The van der Waals surface area contributed by atoms with E-state index in [9.17, 15) is 9.59 Å². The molecule has 0 aliphatic heterocycles. The minimum absolute atomic E-state index is 0.317. The molecule has 3 aromatic carbocycles. The molecular formula is C26H21IN2O5. The minimum atomic E-state index is -0.613. The van der Waals surface area contributed by atoms with Gasteiger partial charge in [-0.1, -0.05) is 18.2 Å². The number of pyridine rings is 1. The van der Waals surface area contributed by atoms with Crippen LogP contribution in [0.15, 0.2) is 72.8 Å². The molecule has 7 nitrogen and oxygen atoms in total. The average Bonchev–Trinajstić information content (AvgIpc) is 2.87. The molecule has 0 saturated heterocycles. The second-order valence-corrected chi connectivity index (χ2v) is 8.52. The fraction of sp³-hybridized carbons (Fsp3) is 0.115. The molecule has 4 aromatic rings. The van der Waals surface area contributed by atoms with Gasteiger partial charge in [0.25, 0.3) is 5.91 Å². The number of nitrogens with one attached hydrogen (secondary N) is 1. The molecule has 1 heterocycles. The van der Waals surface area contributed by atoms with Crippen molar-refractivity contribution in [2.45, 2.75) is 0 Å². The van der Waals surface area contributed by atoms with Gasteiger partial charge in [0.1, 0.15) is 0 Å². The highest BCUT2D eigenvalue weighted by Crippen LogP contribution is 2.33. The SMILES string of the molecule is COc1ccc(-c2cc(C(=O)OCC(=O)Nc3ccc(I)cc3)c3ccccc3n2)cc1OC. The molecule has 34 heavy (non-hydrogen) atoms. The Kier molecular flexibility index (Phi) is 7.27. The van der Waals surface area contributed by atoms with Crippen LogP contribution in [-0.4, -0.2) is 37.7 Å². The van der Waals surface area contributed by atoms with Crippen LogP contribution in [0.25, 0.3) is 22.2 Å². The van der Waals surface area contributed by atoms with E-state index in [0.29, 0.717) is 39.3 Å². The van der Waals surface area contributed by atoms with Crippen molar-refractivity contribution in [3.63, 3.8) is 0 Å². The predicted molar refractivity (Wildman–Crippen MR) is 138 cm³/mol. The lowest BCUT2D eigenvalue weighted by Gasteiger charge is -2.12. The van der Waals surface area contributed by atoms with Crippen molar-refractivity contribution < 1.29 is 23.8 Å². The maximum absolute atomic E-state index is 13.0. The number of hydrogen-bond acceptors (Lipinski definition) is 6. The quantitative estimate of drug-likeness (QED) is 0.240. The molecule has 0 spiro atoms. The number of halogens is 1. The number of nitrogens with zero attached hydrogens (tertiary/aromatic N) is 1. The summed E-state index contributed by atoms with van der Waals surface area (Å²) < 4.78 is 17.1. The van der Waals surface area contributed by atoms with Crippen LogP contribution in [0.1, 0.15) is 10.4 Å². The number of amides is 1. The Hall–Kier alpha value is -3.66. The normalized spacial score (nSPS) is 10.6. The number of hydrogen-bond donors (Lipinski definition) is 1.